The minimum Gasteiger partial charge on any atom is -0.454 e. The Kier molecular flexibility index (Phi) is 3.24. The van der Waals surface area contributed by atoms with Gasteiger partial charge in [-0.25, -0.2) is 5.01 Å². The van der Waals surface area contributed by atoms with Gasteiger partial charge in [-0.3, -0.25) is 0 Å². The molecule has 0 radical (unpaired) electrons. The molecule has 7 heteroatoms. The zero-order valence-corrected chi connectivity index (χ0v) is 13.2. The summed E-state index contributed by atoms with van der Waals surface area (Å²) in [5, 5.41) is 8.62. The second kappa shape index (κ2) is 5.26. The Balaban J connectivity index is 1.68. The van der Waals surface area contributed by atoms with Crippen LogP contribution in [0.15, 0.2) is 40.8 Å². The van der Waals surface area contributed by atoms with E-state index in [2.05, 4.69) is 11.2 Å². The van der Waals surface area contributed by atoms with E-state index >= 15 is 0 Å². The molecule has 0 fully saturated rings. The van der Waals surface area contributed by atoms with E-state index in [4.69, 9.17) is 27.4 Å². The predicted octanol–water partition coefficient (Wildman–Crippen LogP) is 2.87. The molecule has 1 aromatic heterocycles. The van der Waals surface area contributed by atoms with Crippen LogP contribution in [0.2, 0.25) is 0 Å². The van der Waals surface area contributed by atoms with Gasteiger partial charge < -0.3 is 15.2 Å². The fourth-order valence-electron chi connectivity index (χ4n) is 2.69. The topological polar surface area (TPSA) is 60.1 Å². The van der Waals surface area contributed by atoms with E-state index in [1.807, 2.05) is 29.6 Å². The van der Waals surface area contributed by atoms with Crippen LogP contribution in [0.3, 0.4) is 0 Å². The standard InChI is InChI=1S/C15H13N3O2S2/c16-15(21)18-11(7-10(17-18)14-2-1-5-22-14)9-3-4-12-13(6-9)20-8-19-12/h1-6,11H,7-8H2,(H2,16,21)/t11-/m0/s1. The molecule has 2 aromatic rings. The molecule has 0 bridgehead atoms. The number of hydrazone groups is 1. The summed E-state index contributed by atoms with van der Waals surface area (Å²) in [6, 6.07) is 9.97. The Labute approximate surface area is 136 Å². The Bertz CT molecular complexity index is 758. The SMILES string of the molecule is NC(=S)N1N=C(c2cccs2)C[C@H]1c1ccc2c(c1)OCO2. The number of hydrogen-bond acceptors (Lipinski definition) is 5. The molecule has 3 heterocycles. The summed E-state index contributed by atoms with van der Waals surface area (Å²) in [5.41, 5.74) is 7.92. The van der Waals surface area contributed by atoms with Crippen molar-refractivity contribution in [2.45, 2.75) is 12.5 Å². The molecule has 0 spiro atoms. The fraction of sp³-hybridized carbons (Fsp3) is 0.200. The van der Waals surface area contributed by atoms with Gasteiger partial charge in [-0.2, -0.15) is 5.10 Å². The third-order valence-electron chi connectivity index (χ3n) is 3.72. The summed E-state index contributed by atoms with van der Waals surface area (Å²) in [4.78, 5) is 1.14. The van der Waals surface area contributed by atoms with Gasteiger partial charge in [0.15, 0.2) is 16.6 Å². The van der Waals surface area contributed by atoms with Gasteiger partial charge >= 0.3 is 0 Å². The van der Waals surface area contributed by atoms with Crippen molar-refractivity contribution in [1.29, 1.82) is 0 Å². The summed E-state index contributed by atoms with van der Waals surface area (Å²) in [5.74, 6) is 1.52. The zero-order chi connectivity index (χ0) is 15.1. The van der Waals surface area contributed by atoms with E-state index in [1.165, 1.54) is 0 Å². The molecule has 1 aromatic carbocycles. The number of thiocarbonyl (C=S) groups is 1. The summed E-state index contributed by atoms with van der Waals surface area (Å²) >= 11 is 6.82. The maximum atomic E-state index is 5.85. The molecule has 22 heavy (non-hydrogen) atoms. The van der Waals surface area contributed by atoms with Crippen molar-refractivity contribution in [3.63, 3.8) is 0 Å². The molecule has 2 aliphatic rings. The van der Waals surface area contributed by atoms with Gasteiger partial charge in [0.25, 0.3) is 0 Å². The number of nitrogens with two attached hydrogens (primary N) is 1. The average Bonchev–Trinajstić information content (AvgIpc) is 3.25. The van der Waals surface area contributed by atoms with Crippen molar-refractivity contribution in [2.24, 2.45) is 10.8 Å². The summed E-state index contributed by atoms with van der Waals surface area (Å²) in [7, 11) is 0. The van der Waals surface area contributed by atoms with E-state index in [-0.39, 0.29) is 17.9 Å². The van der Waals surface area contributed by atoms with E-state index in [0.717, 1.165) is 34.1 Å². The van der Waals surface area contributed by atoms with Crippen molar-refractivity contribution in [3.05, 3.63) is 46.2 Å². The number of hydrogen-bond donors (Lipinski definition) is 1. The number of ether oxygens (including phenoxy) is 2. The number of fused-ring (bicyclic) bond motifs is 1. The lowest BCUT2D eigenvalue weighted by atomic mass is 10.0. The molecule has 0 saturated carbocycles. The van der Waals surface area contributed by atoms with Gasteiger partial charge in [-0.05, 0) is 41.4 Å². The van der Waals surface area contributed by atoms with Gasteiger partial charge in [0.05, 0.1) is 16.6 Å². The maximum absolute atomic E-state index is 5.85. The van der Waals surface area contributed by atoms with Crippen LogP contribution >= 0.6 is 23.6 Å². The third kappa shape index (κ3) is 2.22. The van der Waals surface area contributed by atoms with E-state index in [1.54, 1.807) is 16.3 Å². The van der Waals surface area contributed by atoms with Crippen molar-refractivity contribution >= 4 is 34.4 Å². The summed E-state index contributed by atoms with van der Waals surface area (Å²) in [6.07, 6.45) is 0.761. The zero-order valence-electron chi connectivity index (χ0n) is 11.6. The van der Waals surface area contributed by atoms with Crippen LogP contribution in [0.5, 0.6) is 11.5 Å². The minimum atomic E-state index is -0.0101. The third-order valence-corrected chi connectivity index (χ3v) is 4.83. The Morgan fingerprint density at radius 2 is 2.18 bits per heavy atom. The Hall–Kier alpha value is -2.12. The lowest BCUT2D eigenvalue weighted by Gasteiger charge is -2.22. The quantitative estimate of drug-likeness (QED) is 0.858. The first kappa shape index (κ1) is 13.5. The molecule has 2 aliphatic heterocycles. The van der Waals surface area contributed by atoms with Crippen LogP contribution < -0.4 is 15.2 Å². The largest absolute Gasteiger partial charge is 0.454 e. The Morgan fingerprint density at radius 1 is 1.32 bits per heavy atom. The van der Waals surface area contributed by atoms with Crippen LogP contribution in [0.4, 0.5) is 0 Å². The number of rotatable bonds is 2. The van der Waals surface area contributed by atoms with Crippen LogP contribution in [-0.2, 0) is 0 Å². The molecule has 0 unspecified atom stereocenters. The molecular formula is C15H13N3O2S2. The molecule has 4 rings (SSSR count). The first-order chi connectivity index (χ1) is 10.7. The van der Waals surface area contributed by atoms with Crippen LogP contribution in [0.25, 0.3) is 0 Å². The molecule has 112 valence electrons. The minimum absolute atomic E-state index is 0.0101. The normalized spacial score (nSPS) is 19.4. The average molecular weight is 331 g/mol. The molecule has 0 saturated heterocycles. The van der Waals surface area contributed by atoms with Gasteiger partial charge in [0.2, 0.25) is 6.79 Å². The Morgan fingerprint density at radius 3 is 2.95 bits per heavy atom. The maximum Gasteiger partial charge on any atom is 0.231 e. The molecule has 2 N–H and O–H groups in total. The van der Waals surface area contributed by atoms with E-state index in [0.29, 0.717) is 0 Å². The van der Waals surface area contributed by atoms with Crippen molar-refractivity contribution in [2.75, 3.05) is 6.79 Å². The highest BCUT2D eigenvalue weighted by molar-refractivity contribution is 7.80. The highest BCUT2D eigenvalue weighted by atomic mass is 32.1. The van der Waals surface area contributed by atoms with Gasteiger partial charge in [0, 0.05) is 6.42 Å². The molecule has 5 nitrogen and oxygen atoms in total. The number of benzene rings is 1. The molecule has 0 amide bonds. The fourth-order valence-corrected chi connectivity index (χ4v) is 3.57. The lowest BCUT2D eigenvalue weighted by molar-refractivity contribution is 0.174. The van der Waals surface area contributed by atoms with E-state index in [9.17, 15) is 0 Å². The van der Waals surface area contributed by atoms with Crippen LogP contribution in [0, 0.1) is 0 Å². The summed E-state index contributed by atoms with van der Waals surface area (Å²) < 4.78 is 10.8. The molecule has 0 aliphatic carbocycles. The first-order valence-corrected chi connectivity index (χ1v) is 8.11. The smallest absolute Gasteiger partial charge is 0.231 e. The second-order valence-corrected chi connectivity index (χ2v) is 6.41. The van der Waals surface area contributed by atoms with Gasteiger partial charge in [-0.15, -0.1) is 11.3 Å². The first-order valence-electron chi connectivity index (χ1n) is 6.82. The number of thiophene rings is 1. The van der Waals surface area contributed by atoms with Crippen molar-refractivity contribution < 1.29 is 9.47 Å². The molecule has 1 atom stereocenters. The van der Waals surface area contributed by atoms with Crippen LogP contribution in [0.1, 0.15) is 22.9 Å². The predicted molar refractivity (Wildman–Crippen MR) is 89.4 cm³/mol. The highest BCUT2D eigenvalue weighted by Gasteiger charge is 2.31. The van der Waals surface area contributed by atoms with Crippen molar-refractivity contribution in [3.8, 4) is 11.5 Å². The van der Waals surface area contributed by atoms with Gasteiger partial charge in [-0.1, -0.05) is 12.1 Å². The highest BCUT2D eigenvalue weighted by Crippen LogP contribution is 2.39. The lowest BCUT2D eigenvalue weighted by Crippen LogP contribution is -2.31. The van der Waals surface area contributed by atoms with Crippen LogP contribution in [-0.4, -0.2) is 22.6 Å². The van der Waals surface area contributed by atoms with E-state index < -0.39 is 0 Å². The molecular weight excluding hydrogens is 318 g/mol. The monoisotopic (exact) mass is 331 g/mol. The summed E-state index contributed by atoms with van der Waals surface area (Å²) in [6.45, 7) is 0.263. The number of nitrogens with zero attached hydrogens (tertiary/aromatic N) is 2. The van der Waals surface area contributed by atoms with Gasteiger partial charge in [0.1, 0.15) is 0 Å². The second-order valence-electron chi connectivity index (χ2n) is 5.04. The van der Waals surface area contributed by atoms with Crippen molar-refractivity contribution in [1.82, 2.24) is 5.01 Å².